The van der Waals surface area contributed by atoms with Crippen molar-refractivity contribution in [2.24, 2.45) is 5.73 Å². The highest BCUT2D eigenvalue weighted by Crippen LogP contribution is 2.34. The highest BCUT2D eigenvalue weighted by atomic mass is 32.1. The van der Waals surface area contributed by atoms with Gasteiger partial charge in [-0.25, -0.2) is 0 Å². The van der Waals surface area contributed by atoms with Gasteiger partial charge in [-0.1, -0.05) is 0 Å². The normalized spacial score (nSPS) is 10.6. The molecule has 0 fully saturated rings. The third-order valence-electron chi connectivity index (χ3n) is 2.05. The van der Waals surface area contributed by atoms with Gasteiger partial charge < -0.3 is 11.5 Å². The Kier molecular flexibility index (Phi) is 1.89. The van der Waals surface area contributed by atoms with Crippen LogP contribution in [0.1, 0.15) is 15.2 Å². The molecule has 2 heterocycles. The molecule has 72 valence electrons. The van der Waals surface area contributed by atoms with Crippen LogP contribution in [0.4, 0.5) is 5.69 Å². The maximum atomic E-state index is 11.0. The summed E-state index contributed by atoms with van der Waals surface area (Å²) in [4.78, 5) is 15.5. The van der Waals surface area contributed by atoms with Crippen LogP contribution in [-0.2, 0) is 0 Å². The molecule has 0 spiro atoms. The molecule has 0 atom stereocenters. The Morgan fingerprint density at radius 2 is 2.21 bits per heavy atom. The number of carbonyl (C=O) groups is 1. The van der Waals surface area contributed by atoms with Gasteiger partial charge in [0, 0.05) is 17.8 Å². The van der Waals surface area contributed by atoms with Crippen molar-refractivity contribution in [1.82, 2.24) is 4.98 Å². The van der Waals surface area contributed by atoms with Crippen molar-refractivity contribution in [3.05, 3.63) is 22.8 Å². The molecule has 0 bridgehead atoms. The zero-order valence-electron chi connectivity index (χ0n) is 7.57. The summed E-state index contributed by atoms with van der Waals surface area (Å²) in [6, 6.07) is 0. The minimum atomic E-state index is -0.483. The van der Waals surface area contributed by atoms with Crippen molar-refractivity contribution >= 4 is 33.0 Å². The monoisotopic (exact) mass is 207 g/mol. The zero-order valence-corrected chi connectivity index (χ0v) is 8.39. The number of anilines is 1. The van der Waals surface area contributed by atoms with Crippen molar-refractivity contribution in [1.29, 1.82) is 0 Å². The van der Waals surface area contributed by atoms with Gasteiger partial charge in [-0.2, -0.15) is 0 Å². The van der Waals surface area contributed by atoms with Crippen LogP contribution in [0.5, 0.6) is 0 Å². The highest BCUT2D eigenvalue weighted by molar-refractivity contribution is 7.21. The van der Waals surface area contributed by atoms with Crippen LogP contribution < -0.4 is 11.5 Å². The van der Waals surface area contributed by atoms with Gasteiger partial charge in [0.25, 0.3) is 5.91 Å². The molecule has 14 heavy (non-hydrogen) atoms. The largest absolute Gasteiger partial charge is 0.397 e. The van der Waals surface area contributed by atoms with Crippen LogP contribution in [0.25, 0.3) is 10.1 Å². The van der Waals surface area contributed by atoms with Gasteiger partial charge in [-0.3, -0.25) is 9.78 Å². The van der Waals surface area contributed by atoms with Crippen molar-refractivity contribution in [2.75, 3.05) is 5.73 Å². The summed E-state index contributed by atoms with van der Waals surface area (Å²) in [6.45, 7) is 1.91. The number of thiophene rings is 1. The summed E-state index contributed by atoms with van der Waals surface area (Å²) < 4.78 is 0.899. The molecule has 2 aromatic rings. The fourth-order valence-electron chi connectivity index (χ4n) is 1.42. The van der Waals surface area contributed by atoms with E-state index in [1.165, 1.54) is 11.3 Å². The Bertz CT molecular complexity index is 518. The molecule has 2 aromatic heterocycles. The first kappa shape index (κ1) is 8.96. The number of nitrogens with two attached hydrogens (primary N) is 2. The van der Waals surface area contributed by atoms with Gasteiger partial charge in [0.1, 0.15) is 4.88 Å². The number of hydrogen-bond acceptors (Lipinski definition) is 4. The fraction of sp³-hybridized carbons (Fsp3) is 0.111. The van der Waals surface area contributed by atoms with E-state index < -0.39 is 5.91 Å². The smallest absolute Gasteiger partial charge is 0.260 e. The molecular weight excluding hydrogens is 198 g/mol. The van der Waals surface area contributed by atoms with Crippen LogP contribution in [-0.4, -0.2) is 10.9 Å². The van der Waals surface area contributed by atoms with Crippen LogP contribution in [0, 0.1) is 6.92 Å². The van der Waals surface area contributed by atoms with Crippen molar-refractivity contribution in [3.8, 4) is 0 Å². The van der Waals surface area contributed by atoms with E-state index in [0.717, 1.165) is 15.6 Å². The molecule has 0 radical (unpaired) electrons. The molecule has 4 nitrogen and oxygen atoms in total. The number of primary amides is 1. The third kappa shape index (κ3) is 1.13. The lowest BCUT2D eigenvalue weighted by Crippen LogP contribution is -2.10. The standard InChI is InChI=1S/C9H9N3OS/c1-4-2-12-3-5-6(4)7(10)8(14-5)9(11)13/h2-3H,10H2,1H3,(H2,11,13). The third-order valence-corrected chi connectivity index (χ3v) is 3.21. The Balaban J connectivity index is 2.87. The van der Waals surface area contributed by atoms with Gasteiger partial charge in [0.2, 0.25) is 0 Å². The van der Waals surface area contributed by atoms with E-state index in [1.54, 1.807) is 12.4 Å². The molecule has 5 heteroatoms. The van der Waals surface area contributed by atoms with Crippen LogP contribution in [0.15, 0.2) is 12.4 Å². The van der Waals surface area contributed by atoms with E-state index >= 15 is 0 Å². The van der Waals surface area contributed by atoms with E-state index in [4.69, 9.17) is 11.5 Å². The molecule has 0 unspecified atom stereocenters. The van der Waals surface area contributed by atoms with Crippen LogP contribution >= 0.6 is 11.3 Å². The lowest BCUT2D eigenvalue weighted by atomic mass is 10.2. The zero-order chi connectivity index (χ0) is 10.3. The van der Waals surface area contributed by atoms with Crippen molar-refractivity contribution < 1.29 is 4.79 Å². The molecule has 2 rings (SSSR count). The molecule has 4 N–H and O–H groups in total. The molecule has 0 saturated carbocycles. The van der Waals surface area contributed by atoms with Crippen molar-refractivity contribution in [3.63, 3.8) is 0 Å². The quantitative estimate of drug-likeness (QED) is 0.739. The van der Waals surface area contributed by atoms with E-state index in [9.17, 15) is 4.79 Å². The fourth-order valence-corrected chi connectivity index (χ4v) is 2.44. The Labute approximate surface area is 84.5 Å². The summed E-state index contributed by atoms with van der Waals surface area (Å²) in [6.07, 6.45) is 3.41. The summed E-state index contributed by atoms with van der Waals surface area (Å²) in [7, 11) is 0. The second kappa shape index (κ2) is 2.95. The number of nitrogens with zero attached hydrogens (tertiary/aromatic N) is 1. The summed E-state index contributed by atoms with van der Waals surface area (Å²) in [5, 5.41) is 0.888. The second-order valence-electron chi connectivity index (χ2n) is 3.04. The number of hydrogen-bond donors (Lipinski definition) is 2. The molecule has 0 aliphatic heterocycles. The molecule has 0 aromatic carbocycles. The van der Waals surface area contributed by atoms with Crippen LogP contribution in [0.2, 0.25) is 0 Å². The predicted octanol–water partition coefficient (Wildman–Crippen LogP) is 1.29. The molecule has 0 aliphatic rings. The van der Waals surface area contributed by atoms with Gasteiger partial charge in [0.05, 0.1) is 10.4 Å². The van der Waals surface area contributed by atoms with E-state index in [-0.39, 0.29) is 0 Å². The minimum absolute atomic E-state index is 0.413. The van der Waals surface area contributed by atoms with Gasteiger partial charge >= 0.3 is 0 Å². The molecular formula is C9H9N3OS. The number of aromatic nitrogens is 1. The number of rotatable bonds is 1. The average Bonchev–Trinajstić information content (AvgIpc) is 2.45. The van der Waals surface area contributed by atoms with Crippen LogP contribution in [0.3, 0.4) is 0 Å². The topological polar surface area (TPSA) is 82.0 Å². The summed E-state index contributed by atoms with van der Waals surface area (Å²) in [5.41, 5.74) is 12.5. The highest BCUT2D eigenvalue weighted by Gasteiger charge is 2.14. The number of amides is 1. The number of aryl methyl sites for hydroxylation is 1. The molecule has 1 amide bonds. The first-order valence-corrected chi connectivity index (χ1v) is 4.85. The Morgan fingerprint density at radius 3 is 2.79 bits per heavy atom. The van der Waals surface area contributed by atoms with E-state index in [0.29, 0.717) is 10.6 Å². The summed E-state index contributed by atoms with van der Waals surface area (Å²) in [5.74, 6) is -0.483. The Hall–Kier alpha value is -1.62. The van der Waals surface area contributed by atoms with E-state index in [1.807, 2.05) is 6.92 Å². The lowest BCUT2D eigenvalue weighted by Gasteiger charge is -1.96. The molecule has 0 saturated heterocycles. The first-order chi connectivity index (χ1) is 6.61. The maximum Gasteiger partial charge on any atom is 0.260 e. The lowest BCUT2D eigenvalue weighted by molar-refractivity contribution is 0.100. The second-order valence-corrected chi connectivity index (χ2v) is 4.09. The van der Waals surface area contributed by atoms with Gasteiger partial charge in [-0.05, 0) is 12.5 Å². The molecule has 0 aliphatic carbocycles. The Morgan fingerprint density at radius 1 is 1.50 bits per heavy atom. The van der Waals surface area contributed by atoms with E-state index in [2.05, 4.69) is 4.98 Å². The SMILES string of the molecule is Cc1cncc2sc(C(N)=O)c(N)c12. The number of carbonyl (C=O) groups excluding carboxylic acids is 1. The minimum Gasteiger partial charge on any atom is -0.397 e. The number of fused-ring (bicyclic) bond motifs is 1. The number of pyridine rings is 1. The maximum absolute atomic E-state index is 11.0. The first-order valence-electron chi connectivity index (χ1n) is 4.03. The average molecular weight is 207 g/mol. The number of nitrogen functional groups attached to an aromatic ring is 1. The van der Waals surface area contributed by atoms with Gasteiger partial charge in [0.15, 0.2) is 0 Å². The van der Waals surface area contributed by atoms with Gasteiger partial charge in [-0.15, -0.1) is 11.3 Å². The predicted molar refractivity (Wildman–Crippen MR) is 57.3 cm³/mol. The van der Waals surface area contributed by atoms with Crippen molar-refractivity contribution in [2.45, 2.75) is 6.92 Å². The summed E-state index contributed by atoms with van der Waals surface area (Å²) >= 11 is 1.28.